The van der Waals surface area contributed by atoms with Crippen LogP contribution in [0.4, 0.5) is 5.13 Å². The highest BCUT2D eigenvalue weighted by Gasteiger charge is 2.29. The summed E-state index contributed by atoms with van der Waals surface area (Å²) in [6, 6.07) is 29.5. The summed E-state index contributed by atoms with van der Waals surface area (Å²) in [5.74, 6) is 0.435. The quantitative estimate of drug-likeness (QED) is 0.244. The Morgan fingerprint density at radius 2 is 1.68 bits per heavy atom. The minimum atomic E-state index is -3.71. The van der Waals surface area contributed by atoms with Crippen LogP contribution in [0.15, 0.2) is 102 Å². The molecule has 2 heterocycles. The van der Waals surface area contributed by atoms with Gasteiger partial charge in [-0.25, -0.2) is 13.4 Å². The number of anilines is 1. The zero-order valence-corrected chi connectivity index (χ0v) is 23.5. The number of fused-ring (bicyclic) bond motifs is 2. The van der Waals surface area contributed by atoms with E-state index in [1.54, 1.807) is 24.1 Å². The van der Waals surface area contributed by atoms with E-state index in [4.69, 9.17) is 9.72 Å². The number of amides is 1. The molecule has 0 N–H and O–H groups in total. The van der Waals surface area contributed by atoms with Gasteiger partial charge >= 0.3 is 0 Å². The minimum absolute atomic E-state index is 0.171. The molecule has 202 valence electrons. The molecule has 0 fully saturated rings. The van der Waals surface area contributed by atoms with Gasteiger partial charge in [-0.1, -0.05) is 65.9 Å². The van der Waals surface area contributed by atoms with Crippen LogP contribution in [0.25, 0.3) is 10.2 Å². The summed E-state index contributed by atoms with van der Waals surface area (Å²) in [6.07, 6.45) is 0.675. The van der Waals surface area contributed by atoms with Crippen molar-refractivity contribution in [1.82, 2.24) is 9.29 Å². The van der Waals surface area contributed by atoms with Crippen molar-refractivity contribution in [3.63, 3.8) is 0 Å². The molecular formula is C31H27N3O4S2. The Balaban J connectivity index is 1.29. The Labute approximate surface area is 237 Å². The van der Waals surface area contributed by atoms with Crippen molar-refractivity contribution in [3.8, 4) is 5.75 Å². The molecule has 0 atom stereocenters. The van der Waals surface area contributed by atoms with Gasteiger partial charge in [0.25, 0.3) is 5.91 Å². The number of hydrogen-bond donors (Lipinski definition) is 0. The SMILES string of the molecule is COc1ccc2sc(N(Cc3ccccc3)C(=O)c3ccc(S(=O)(=O)N4CCc5ccccc5C4)cc3)nc2c1. The minimum Gasteiger partial charge on any atom is -0.497 e. The molecule has 4 aromatic carbocycles. The summed E-state index contributed by atoms with van der Waals surface area (Å²) >= 11 is 1.42. The second-order valence-corrected chi connectivity index (χ2v) is 12.5. The molecule has 6 rings (SSSR count). The van der Waals surface area contributed by atoms with E-state index in [2.05, 4.69) is 0 Å². The summed E-state index contributed by atoms with van der Waals surface area (Å²) in [4.78, 5) is 20.4. The van der Waals surface area contributed by atoms with Crippen molar-refractivity contribution >= 4 is 42.6 Å². The second-order valence-electron chi connectivity index (χ2n) is 9.59. The molecule has 0 spiro atoms. The van der Waals surface area contributed by atoms with Crippen molar-refractivity contribution in [2.75, 3.05) is 18.6 Å². The molecule has 1 aliphatic rings. The maximum Gasteiger partial charge on any atom is 0.260 e. The lowest BCUT2D eigenvalue weighted by Gasteiger charge is -2.28. The molecule has 0 saturated carbocycles. The molecule has 0 aliphatic carbocycles. The molecule has 0 saturated heterocycles. The van der Waals surface area contributed by atoms with Crippen LogP contribution in [0.3, 0.4) is 0 Å². The normalized spacial score (nSPS) is 13.6. The van der Waals surface area contributed by atoms with Crippen LogP contribution in [-0.4, -0.2) is 37.3 Å². The zero-order chi connectivity index (χ0) is 27.7. The van der Waals surface area contributed by atoms with Gasteiger partial charge in [-0.15, -0.1) is 0 Å². The largest absolute Gasteiger partial charge is 0.497 e. The van der Waals surface area contributed by atoms with Crippen LogP contribution < -0.4 is 9.64 Å². The third-order valence-electron chi connectivity index (χ3n) is 7.08. The van der Waals surface area contributed by atoms with E-state index in [0.29, 0.717) is 42.5 Å². The number of rotatable bonds is 7. The fourth-order valence-electron chi connectivity index (χ4n) is 4.88. The Morgan fingerprint density at radius 1 is 0.950 bits per heavy atom. The number of ether oxygens (including phenoxy) is 1. The van der Waals surface area contributed by atoms with Crippen molar-refractivity contribution in [2.24, 2.45) is 0 Å². The lowest BCUT2D eigenvalue weighted by atomic mass is 10.0. The zero-order valence-electron chi connectivity index (χ0n) is 21.9. The van der Waals surface area contributed by atoms with Gasteiger partial charge in [0, 0.05) is 24.7 Å². The van der Waals surface area contributed by atoms with Gasteiger partial charge < -0.3 is 4.74 Å². The predicted molar refractivity (Wildman–Crippen MR) is 157 cm³/mol. The first-order chi connectivity index (χ1) is 19.4. The summed E-state index contributed by atoms with van der Waals surface area (Å²) < 4.78 is 34.7. The molecule has 1 aromatic heterocycles. The highest BCUT2D eigenvalue weighted by atomic mass is 32.2. The summed E-state index contributed by atoms with van der Waals surface area (Å²) in [5, 5.41) is 0.556. The van der Waals surface area contributed by atoms with Crippen molar-refractivity contribution in [2.45, 2.75) is 24.4 Å². The molecule has 0 radical (unpaired) electrons. The highest BCUT2D eigenvalue weighted by Crippen LogP contribution is 2.33. The van der Waals surface area contributed by atoms with Gasteiger partial charge in [0.05, 0.1) is 28.8 Å². The number of carbonyl (C=O) groups is 1. The smallest absolute Gasteiger partial charge is 0.260 e. The third-order valence-corrected chi connectivity index (χ3v) is 10.00. The van der Waals surface area contributed by atoms with Gasteiger partial charge in [0.1, 0.15) is 5.75 Å². The Hall–Kier alpha value is -4.05. The Kier molecular flexibility index (Phi) is 7.10. The standard InChI is InChI=1S/C31H27N3O4S2/c1-38-26-13-16-29-28(19-26)32-31(39-29)34(20-22-7-3-2-4-8-22)30(35)24-11-14-27(15-12-24)40(36,37)33-18-17-23-9-5-6-10-25(23)21-33/h2-16,19H,17-18,20-21H2,1H3. The molecular weight excluding hydrogens is 542 g/mol. The van der Waals surface area contributed by atoms with Crippen LogP contribution in [0.2, 0.25) is 0 Å². The van der Waals surface area contributed by atoms with E-state index in [1.165, 1.54) is 33.3 Å². The first-order valence-corrected chi connectivity index (χ1v) is 15.2. The van der Waals surface area contributed by atoms with E-state index in [0.717, 1.165) is 21.3 Å². The molecule has 0 bridgehead atoms. The van der Waals surface area contributed by atoms with Crippen LogP contribution in [0.5, 0.6) is 5.75 Å². The lowest BCUT2D eigenvalue weighted by molar-refractivity contribution is 0.0985. The predicted octanol–water partition coefficient (Wildman–Crippen LogP) is 5.90. The highest BCUT2D eigenvalue weighted by molar-refractivity contribution is 7.89. The summed E-state index contributed by atoms with van der Waals surface area (Å²) in [5.41, 5.74) is 4.29. The second kappa shape index (κ2) is 10.8. The van der Waals surface area contributed by atoms with Crippen LogP contribution in [0, 0.1) is 0 Å². The number of sulfonamides is 1. The number of thiazole rings is 1. The number of aromatic nitrogens is 1. The Morgan fingerprint density at radius 3 is 2.42 bits per heavy atom. The molecule has 0 unspecified atom stereocenters. The van der Waals surface area contributed by atoms with Crippen molar-refractivity contribution < 1.29 is 17.9 Å². The maximum atomic E-state index is 13.9. The van der Waals surface area contributed by atoms with E-state index in [-0.39, 0.29) is 10.8 Å². The number of hydrogen-bond acceptors (Lipinski definition) is 6. The fraction of sp³-hybridized carbons (Fsp3) is 0.161. The van der Waals surface area contributed by atoms with E-state index in [9.17, 15) is 13.2 Å². The number of carbonyl (C=O) groups excluding carboxylic acids is 1. The van der Waals surface area contributed by atoms with Crippen molar-refractivity contribution in [1.29, 1.82) is 0 Å². The Bertz CT molecular complexity index is 1780. The van der Waals surface area contributed by atoms with Crippen LogP contribution in [-0.2, 0) is 29.5 Å². The summed E-state index contributed by atoms with van der Waals surface area (Å²) in [6.45, 7) is 1.09. The molecule has 1 aliphatic heterocycles. The van der Waals surface area contributed by atoms with Gasteiger partial charge in [-0.05, 0) is 59.5 Å². The van der Waals surface area contributed by atoms with Crippen LogP contribution >= 0.6 is 11.3 Å². The van der Waals surface area contributed by atoms with Gasteiger partial charge in [-0.3, -0.25) is 9.69 Å². The average molecular weight is 570 g/mol. The third kappa shape index (κ3) is 5.11. The monoisotopic (exact) mass is 569 g/mol. The van der Waals surface area contributed by atoms with E-state index < -0.39 is 10.0 Å². The molecule has 9 heteroatoms. The molecule has 7 nitrogen and oxygen atoms in total. The molecule has 5 aromatic rings. The van der Waals surface area contributed by atoms with E-state index >= 15 is 0 Å². The number of methoxy groups -OCH3 is 1. The number of benzene rings is 4. The lowest BCUT2D eigenvalue weighted by Crippen LogP contribution is -2.36. The molecule has 1 amide bonds. The first kappa shape index (κ1) is 26.2. The maximum absolute atomic E-state index is 13.9. The van der Waals surface area contributed by atoms with Gasteiger partial charge in [-0.2, -0.15) is 4.31 Å². The topological polar surface area (TPSA) is 79.8 Å². The number of nitrogens with zero attached hydrogens (tertiary/aromatic N) is 3. The van der Waals surface area contributed by atoms with Crippen LogP contribution in [0.1, 0.15) is 27.0 Å². The van der Waals surface area contributed by atoms with Gasteiger partial charge in [0.15, 0.2) is 5.13 Å². The summed E-state index contributed by atoms with van der Waals surface area (Å²) in [7, 11) is -2.10. The van der Waals surface area contributed by atoms with E-state index in [1.807, 2.05) is 72.8 Å². The van der Waals surface area contributed by atoms with Crippen molar-refractivity contribution in [3.05, 3.63) is 119 Å². The molecule has 40 heavy (non-hydrogen) atoms. The fourth-order valence-corrected chi connectivity index (χ4v) is 7.24. The average Bonchev–Trinajstić information content (AvgIpc) is 3.43. The first-order valence-electron chi connectivity index (χ1n) is 12.9. The van der Waals surface area contributed by atoms with Gasteiger partial charge in [0.2, 0.25) is 10.0 Å².